The molecule has 3 atom stereocenters. The molecule has 2 fully saturated rings. The summed E-state index contributed by atoms with van der Waals surface area (Å²) in [6.07, 6.45) is 4.11. The highest BCUT2D eigenvalue weighted by Crippen LogP contribution is 2.30. The van der Waals surface area contributed by atoms with Gasteiger partial charge in [-0.1, -0.05) is 13.3 Å². The molecular weight excluding hydrogens is 198 g/mol. The van der Waals surface area contributed by atoms with Crippen LogP contribution in [0.3, 0.4) is 0 Å². The molecule has 0 aromatic carbocycles. The molecule has 16 heavy (non-hydrogen) atoms. The van der Waals surface area contributed by atoms with Gasteiger partial charge in [-0.15, -0.1) is 0 Å². The minimum atomic E-state index is 0.720. The van der Waals surface area contributed by atoms with Crippen LogP contribution in [0.1, 0.15) is 33.1 Å². The van der Waals surface area contributed by atoms with Crippen LogP contribution in [0.25, 0.3) is 0 Å². The molecule has 2 rings (SSSR count). The summed E-state index contributed by atoms with van der Waals surface area (Å²) in [5.41, 5.74) is 5.88. The maximum atomic E-state index is 5.88. The average molecular weight is 225 g/mol. The van der Waals surface area contributed by atoms with Gasteiger partial charge >= 0.3 is 0 Å². The van der Waals surface area contributed by atoms with Crippen LogP contribution in [0.15, 0.2) is 0 Å². The third kappa shape index (κ3) is 2.41. The van der Waals surface area contributed by atoms with Crippen LogP contribution < -0.4 is 5.73 Å². The molecular formula is C13H27N3. The molecule has 0 aromatic heterocycles. The van der Waals surface area contributed by atoms with E-state index in [2.05, 4.69) is 23.6 Å². The molecule has 3 unspecified atom stereocenters. The quantitative estimate of drug-likeness (QED) is 0.782. The first-order valence-electron chi connectivity index (χ1n) is 6.94. The molecule has 1 saturated carbocycles. The topological polar surface area (TPSA) is 32.5 Å². The SMILES string of the molecule is CCN1CCN(C2CCCC2CN)CC1C. The normalized spacial score (nSPS) is 38.1. The monoisotopic (exact) mass is 225 g/mol. The van der Waals surface area contributed by atoms with Crippen molar-refractivity contribution in [2.45, 2.75) is 45.2 Å². The number of nitrogens with two attached hydrogens (primary N) is 1. The Morgan fingerprint density at radius 2 is 2.06 bits per heavy atom. The molecule has 1 heterocycles. The van der Waals surface area contributed by atoms with E-state index in [9.17, 15) is 0 Å². The van der Waals surface area contributed by atoms with Gasteiger partial charge in [0.15, 0.2) is 0 Å². The number of hydrogen-bond acceptors (Lipinski definition) is 3. The van der Waals surface area contributed by atoms with Crippen molar-refractivity contribution >= 4 is 0 Å². The lowest BCUT2D eigenvalue weighted by molar-refractivity contribution is 0.0474. The number of hydrogen-bond donors (Lipinski definition) is 1. The van der Waals surface area contributed by atoms with Gasteiger partial charge in [-0.2, -0.15) is 0 Å². The lowest BCUT2D eigenvalue weighted by atomic mass is 10.0. The predicted molar refractivity (Wildman–Crippen MR) is 68.5 cm³/mol. The van der Waals surface area contributed by atoms with Gasteiger partial charge in [-0.05, 0) is 38.8 Å². The largest absolute Gasteiger partial charge is 0.330 e. The van der Waals surface area contributed by atoms with Gasteiger partial charge < -0.3 is 5.73 Å². The molecule has 1 aliphatic carbocycles. The summed E-state index contributed by atoms with van der Waals surface area (Å²) in [5, 5.41) is 0. The van der Waals surface area contributed by atoms with E-state index in [1.165, 1.54) is 45.4 Å². The standard InChI is InChI=1S/C13H27N3/c1-3-15-7-8-16(10-11(15)2)13-6-4-5-12(13)9-14/h11-13H,3-10,14H2,1-2H3. The Morgan fingerprint density at radius 3 is 2.69 bits per heavy atom. The van der Waals surface area contributed by atoms with Gasteiger partial charge in [0.25, 0.3) is 0 Å². The Morgan fingerprint density at radius 1 is 1.25 bits per heavy atom. The lowest BCUT2D eigenvalue weighted by Crippen LogP contribution is -2.55. The van der Waals surface area contributed by atoms with E-state index in [1.54, 1.807) is 0 Å². The van der Waals surface area contributed by atoms with Crippen LogP contribution in [0.2, 0.25) is 0 Å². The summed E-state index contributed by atoms with van der Waals surface area (Å²) in [5.74, 6) is 0.764. The summed E-state index contributed by atoms with van der Waals surface area (Å²) in [6.45, 7) is 10.4. The van der Waals surface area contributed by atoms with Crippen molar-refractivity contribution in [1.29, 1.82) is 0 Å². The van der Waals surface area contributed by atoms with E-state index < -0.39 is 0 Å². The maximum absolute atomic E-state index is 5.88. The fraction of sp³-hybridized carbons (Fsp3) is 1.00. The maximum Gasteiger partial charge on any atom is 0.0195 e. The summed E-state index contributed by atoms with van der Waals surface area (Å²) in [4.78, 5) is 5.30. The Balaban J connectivity index is 1.91. The molecule has 2 aliphatic rings. The van der Waals surface area contributed by atoms with Crippen molar-refractivity contribution in [3.8, 4) is 0 Å². The van der Waals surface area contributed by atoms with Crippen molar-refractivity contribution in [2.75, 3.05) is 32.7 Å². The zero-order valence-electron chi connectivity index (χ0n) is 10.9. The van der Waals surface area contributed by atoms with E-state index in [1.807, 2.05) is 0 Å². The molecule has 94 valence electrons. The molecule has 1 saturated heterocycles. The fourth-order valence-electron chi connectivity index (χ4n) is 3.57. The number of rotatable bonds is 3. The van der Waals surface area contributed by atoms with Crippen molar-refractivity contribution in [3.63, 3.8) is 0 Å². The van der Waals surface area contributed by atoms with Crippen LogP contribution in [-0.2, 0) is 0 Å². The van der Waals surface area contributed by atoms with Crippen LogP contribution in [0.5, 0.6) is 0 Å². The van der Waals surface area contributed by atoms with Crippen LogP contribution >= 0.6 is 0 Å². The van der Waals surface area contributed by atoms with E-state index in [-0.39, 0.29) is 0 Å². The molecule has 1 aliphatic heterocycles. The van der Waals surface area contributed by atoms with E-state index in [0.717, 1.165) is 24.5 Å². The second-order valence-electron chi connectivity index (χ2n) is 5.47. The van der Waals surface area contributed by atoms with Crippen molar-refractivity contribution in [2.24, 2.45) is 11.7 Å². The zero-order valence-corrected chi connectivity index (χ0v) is 10.9. The third-order valence-corrected chi connectivity index (χ3v) is 4.59. The highest BCUT2D eigenvalue weighted by molar-refractivity contribution is 4.90. The van der Waals surface area contributed by atoms with Gasteiger partial charge in [-0.25, -0.2) is 0 Å². The summed E-state index contributed by atoms with van der Waals surface area (Å²) in [7, 11) is 0. The number of piperazine rings is 1. The first-order chi connectivity index (χ1) is 7.76. The number of likely N-dealkylation sites (N-methyl/N-ethyl adjacent to an activating group) is 1. The Labute approximate surface area is 100.0 Å². The van der Waals surface area contributed by atoms with Crippen molar-refractivity contribution in [3.05, 3.63) is 0 Å². The highest BCUT2D eigenvalue weighted by Gasteiger charge is 2.34. The van der Waals surface area contributed by atoms with Crippen molar-refractivity contribution < 1.29 is 0 Å². The van der Waals surface area contributed by atoms with E-state index in [0.29, 0.717) is 0 Å². The smallest absolute Gasteiger partial charge is 0.0195 e. The third-order valence-electron chi connectivity index (χ3n) is 4.59. The minimum absolute atomic E-state index is 0.720. The van der Waals surface area contributed by atoms with Gasteiger partial charge in [0.2, 0.25) is 0 Å². The summed E-state index contributed by atoms with van der Waals surface area (Å²) < 4.78 is 0. The lowest BCUT2D eigenvalue weighted by Gasteiger charge is -2.43. The first-order valence-corrected chi connectivity index (χ1v) is 6.94. The van der Waals surface area contributed by atoms with E-state index in [4.69, 9.17) is 5.73 Å². The van der Waals surface area contributed by atoms with Crippen LogP contribution in [-0.4, -0.2) is 54.6 Å². The van der Waals surface area contributed by atoms with Crippen LogP contribution in [0.4, 0.5) is 0 Å². The molecule has 3 heteroatoms. The molecule has 3 nitrogen and oxygen atoms in total. The Kier molecular flexibility index (Phi) is 4.22. The average Bonchev–Trinajstić information content (AvgIpc) is 2.77. The fourth-order valence-corrected chi connectivity index (χ4v) is 3.57. The molecule has 0 aromatic rings. The molecule has 0 amide bonds. The highest BCUT2D eigenvalue weighted by atomic mass is 15.3. The van der Waals surface area contributed by atoms with Gasteiger partial charge in [0, 0.05) is 31.7 Å². The molecule has 2 N–H and O–H groups in total. The van der Waals surface area contributed by atoms with Gasteiger partial charge in [-0.3, -0.25) is 9.80 Å². The Hall–Kier alpha value is -0.120. The predicted octanol–water partition coefficient (Wildman–Crippen LogP) is 1.14. The summed E-state index contributed by atoms with van der Waals surface area (Å²) in [6, 6.07) is 1.50. The molecule has 0 bridgehead atoms. The van der Waals surface area contributed by atoms with Crippen LogP contribution in [0, 0.1) is 5.92 Å². The summed E-state index contributed by atoms with van der Waals surface area (Å²) >= 11 is 0. The second-order valence-corrected chi connectivity index (χ2v) is 5.47. The first kappa shape index (κ1) is 12.3. The Bertz CT molecular complexity index is 219. The van der Waals surface area contributed by atoms with Gasteiger partial charge in [0.05, 0.1) is 0 Å². The molecule has 0 radical (unpaired) electrons. The van der Waals surface area contributed by atoms with Gasteiger partial charge in [0.1, 0.15) is 0 Å². The zero-order chi connectivity index (χ0) is 11.5. The minimum Gasteiger partial charge on any atom is -0.330 e. The van der Waals surface area contributed by atoms with E-state index >= 15 is 0 Å². The second kappa shape index (κ2) is 5.48. The number of nitrogens with zero attached hydrogens (tertiary/aromatic N) is 2. The van der Waals surface area contributed by atoms with Crippen molar-refractivity contribution in [1.82, 2.24) is 9.80 Å². The molecule has 0 spiro atoms.